The van der Waals surface area contributed by atoms with Crippen LogP contribution in [0.15, 0.2) is 29.4 Å². The standard InChI is InChI=1S/C14H17N3O3S/c1-21(19,20)11-4-5-13-12(7-11)14(16-9-15-13)17-6-2-3-10(18)8-17/h4-5,7,9-10,18H,2-3,6,8H2,1H3. The summed E-state index contributed by atoms with van der Waals surface area (Å²) >= 11 is 0. The molecule has 21 heavy (non-hydrogen) atoms. The van der Waals surface area contributed by atoms with E-state index in [1.807, 2.05) is 4.90 Å². The lowest BCUT2D eigenvalue weighted by atomic mass is 10.1. The van der Waals surface area contributed by atoms with E-state index in [2.05, 4.69) is 9.97 Å². The van der Waals surface area contributed by atoms with Gasteiger partial charge in [0.05, 0.1) is 16.5 Å². The topological polar surface area (TPSA) is 83.4 Å². The van der Waals surface area contributed by atoms with E-state index in [0.717, 1.165) is 19.4 Å². The lowest BCUT2D eigenvalue weighted by Crippen LogP contribution is -2.38. The van der Waals surface area contributed by atoms with Crippen molar-refractivity contribution in [1.82, 2.24) is 9.97 Å². The van der Waals surface area contributed by atoms with E-state index in [9.17, 15) is 13.5 Å². The zero-order valence-electron chi connectivity index (χ0n) is 11.7. The van der Waals surface area contributed by atoms with Crippen LogP contribution < -0.4 is 4.90 Å². The number of aliphatic hydroxyl groups is 1. The second-order valence-corrected chi connectivity index (χ2v) is 7.41. The third-order valence-electron chi connectivity index (χ3n) is 3.71. The summed E-state index contributed by atoms with van der Waals surface area (Å²) in [5.41, 5.74) is 0.701. The monoisotopic (exact) mass is 307 g/mol. The third-order valence-corrected chi connectivity index (χ3v) is 4.82. The normalized spacial score (nSPS) is 19.9. The van der Waals surface area contributed by atoms with Crippen LogP contribution in [0.1, 0.15) is 12.8 Å². The third kappa shape index (κ3) is 2.84. The fourth-order valence-corrected chi connectivity index (χ4v) is 3.30. The highest BCUT2D eigenvalue weighted by atomic mass is 32.2. The lowest BCUT2D eigenvalue weighted by molar-refractivity contribution is 0.154. The quantitative estimate of drug-likeness (QED) is 0.891. The molecule has 6 nitrogen and oxygen atoms in total. The molecule has 0 spiro atoms. The summed E-state index contributed by atoms with van der Waals surface area (Å²) in [5, 5.41) is 10.5. The van der Waals surface area contributed by atoms with E-state index < -0.39 is 9.84 Å². The van der Waals surface area contributed by atoms with E-state index in [1.54, 1.807) is 18.2 Å². The number of nitrogens with zero attached hydrogens (tertiary/aromatic N) is 3. The predicted molar refractivity (Wildman–Crippen MR) is 80.1 cm³/mol. The first kappa shape index (κ1) is 14.2. The minimum absolute atomic E-state index is 0.253. The number of benzene rings is 1. The summed E-state index contributed by atoms with van der Waals surface area (Å²) in [6.07, 6.45) is 3.95. The van der Waals surface area contributed by atoms with E-state index in [1.165, 1.54) is 12.6 Å². The van der Waals surface area contributed by atoms with Gasteiger partial charge in [-0.2, -0.15) is 0 Å². The second-order valence-electron chi connectivity index (χ2n) is 5.39. The largest absolute Gasteiger partial charge is 0.391 e. The molecule has 0 saturated carbocycles. The summed E-state index contributed by atoms with van der Waals surface area (Å²) in [4.78, 5) is 10.7. The molecule has 2 heterocycles. The van der Waals surface area contributed by atoms with Crippen molar-refractivity contribution in [1.29, 1.82) is 0 Å². The highest BCUT2D eigenvalue weighted by Crippen LogP contribution is 2.27. The van der Waals surface area contributed by atoms with Gasteiger partial charge in [-0.3, -0.25) is 0 Å². The predicted octanol–water partition coefficient (Wildman–Crippen LogP) is 0.994. The van der Waals surface area contributed by atoms with Crippen LogP contribution in [0.4, 0.5) is 5.82 Å². The molecule has 1 atom stereocenters. The Morgan fingerprint density at radius 3 is 2.86 bits per heavy atom. The van der Waals surface area contributed by atoms with Crippen LogP contribution in [0.25, 0.3) is 10.9 Å². The number of β-amino-alcohol motifs (C(OH)–C–C–N with tert-alkyl or cyclic N) is 1. The van der Waals surface area contributed by atoms with E-state index in [4.69, 9.17) is 0 Å². The van der Waals surface area contributed by atoms with E-state index in [0.29, 0.717) is 23.3 Å². The van der Waals surface area contributed by atoms with Gasteiger partial charge in [0, 0.05) is 24.7 Å². The smallest absolute Gasteiger partial charge is 0.175 e. The van der Waals surface area contributed by atoms with Crippen LogP contribution >= 0.6 is 0 Å². The summed E-state index contributed by atoms with van der Waals surface area (Å²) in [7, 11) is -3.28. The Kier molecular flexibility index (Phi) is 3.54. The number of aromatic nitrogens is 2. The van der Waals surface area contributed by atoms with Gasteiger partial charge >= 0.3 is 0 Å². The zero-order valence-corrected chi connectivity index (χ0v) is 12.5. The number of hydrogen-bond acceptors (Lipinski definition) is 6. The SMILES string of the molecule is CS(=O)(=O)c1ccc2ncnc(N3CCCC(O)C3)c2c1. The molecule has 0 aliphatic carbocycles. The number of rotatable bonds is 2. The molecular formula is C14H17N3O3S. The van der Waals surface area contributed by atoms with Crippen LogP contribution in [-0.2, 0) is 9.84 Å². The second kappa shape index (κ2) is 5.23. The molecule has 1 fully saturated rings. The Morgan fingerprint density at radius 2 is 2.14 bits per heavy atom. The van der Waals surface area contributed by atoms with Crippen molar-refractivity contribution in [3.05, 3.63) is 24.5 Å². The molecule has 1 saturated heterocycles. The molecule has 0 radical (unpaired) electrons. The number of fused-ring (bicyclic) bond motifs is 1. The maximum Gasteiger partial charge on any atom is 0.175 e. The number of aliphatic hydroxyl groups excluding tert-OH is 1. The molecule has 1 unspecified atom stereocenters. The lowest BCUT2D eigenvalue weighted by Gasteiger charge is -2.31. The molecule has 2 aromatic rings. The minimum atomic E-state index is -3.28. The van der Waals surface area contributed by atoms with Crippen molar-refractivity contribution in [2.24, 2.45) is 0 Å². The Hall–Kier alpha value is -1.73. The van der Waals surface area contributed by atoms with Gasteiger partial charge in [-0.1, -0.05) is 0 Å². The summed E-state index contributed by atoms with van der Waals surface area (Å²) < 4.78 is 23.4. The molecule has 1 aliphatic heterocycles. The summed E-state index contributed by atoms with van der Waals surface area (Å²) in [5.74, 6) is 0.684. The molecule has 0 amide bonds. The van der Waals surface area contributed by atoms with Crippen molar-refractivity contribution in [2.45, 2.75) is 23.8 Å². The van der Waals surface area contributed by atoms with Crippen LogP contribution in [0, 0.1) is 0 Å². The minimum Gasteiger partial charge on any atom is -0.391 e. The van der Waals surface area contributed by atoms with Gasteiger partial charge in [0.2, 0.25) is 0 Å². The first-order chi connectivity index (χ1) is 9.95. The van der Waals surface area contributed by atoms with Gasteiger partial charge in [0.15, 0.2) is 9.84 Å². The zero-order chi connectivity index (χ0) is 15.0. The van der Waals surface area contributed by atoms with Gasteiger partial charge in [0.1, 0.15) is 12.1 Å². The highest BCUT2D eigenvalue weighted by molar-refractivity contribution is 7.90. The molecule has 1 aromatic carbocycles. The number of anilines is 1. The van der Waals surface area contributed by atoms with Gasteiger partial charge in [0.25, 0.3) is 0 Å². The fourth-order valence-electron chi connectivity index (χ4n) is 2.65. The Morgan fingerprint density at radius 1 is 1.33 bits per heavy atom. The highest BCUT2D eigenvalue weighted by Gasteiger charge is 2.21. The molecular weight excluding hydrogens is 290 g/mol. The Balaban J connectivity index is 2.13. The summed E-state index contributed by atoms with van der Waals surface area (Å²) in [6.45, 7) is 1.31. The van der Waals surface area contributed by atoms with Crippen molar-refractivity contribution in [3.8, 4) is 0 Å². The van der Waals surface area contributed by atoms with Gasteiger partial charge in [-0.05, 0) is 31.0 Å². The van der Waals surface area contributed by atoms with Crippen LogP contribution in [0.5, 0.6) is 0 Å². The van der Waals surface area contributed by atoms with Crippen molar-refractivity contribution < 1.29 is 13.5 Å². The van der Waals surface area contributed by atoms with Crippen LogP contribution in [0.2, 0.25) is 0 Å². The number of piperidine rings is 1. The van der Waals surface area contributed by atoms with Crippen molar-refractivity contribution in [2.75, 3.05) is 24.2 Å². The average Bonchev–Trinajstić information content (AvgIpc) is 2.45. The van der Waals surface area contributed by atoms with Crippen LogP contribution in [0.3, 0.4) is 0 Å². The first-order valence-electron chi connectivity index (χ1n) is 6.83. The number of sulfone groups is 1. The fraction of sp³-hybridized carbons (Fsp3) is 0.429. The van der Waals surface area contributed by atoms with Gasteiger partial charge < -0.3 is 10.0 Å². The average molecular weight is 307 g/mol. The van der Waals surface area contributed by atoms with Crippen molar-refractivity contribution in [3.63, 3.8) is 0 Å². The molecule has 0 bridgehead atoms. The van der Waals surface area contributed by atoms with E-state index in [-0.39, 0.29) is 11.0 Å². The molecule has 1 N–H and O–H groups in total. The molecule has 1 aromatic heterocycles. The molecule has 1 aliphatic rings. The van der Waals surface area contributed by atoms with Gasteiger partial charge in [-0.25, -0.2) is 18.4 Å². The Bertz CT molecular complexity index is 776. The maximum atomic E-state index is 11.7. The molecule has 7 heteroatoms. The maximum absolute atomic E-state index is 11.7. The number of hydrogen-bond donors (Lipinski definition) is 1. The van der Waals surface area contributed by atoms with Crippen molar-refractivity contribution >= 4 is 26.6 Å². The Labute approximate surface area is 123 Å². The van der Waals surface area contributed by atoms with E-state index >= 15 is 0 Å². The first-order valence-corrected chi connectivity index (χ1v) is 8.72. The summed E-state index contributed by atoms with van der Waals surface area (Å²) in [6, 6.07) is 4.86. The molecule has 3 rings (SSSR count). The van der Waals surface area contributed by atoms with Gasteiger partial charge in [-0.15, -0.1) is 0 Å². The molecule has 112 valence electrons. The van der Waals surface area contributed by atoms with Crippen LogP contribution in [-0.4, -0.2) is 48.9 Å².